The van der Waals surface area contributed by atoms with Crippen LogP contribution in [0.2, 0.25) is 0 Å². The smallest absolute Gasteiger partial charge is 0.00302 e. The van der Waals surface area contributed by atoms with Crippen LogP contribution in [0.3, 0.4) is 0 Å². The molecule has 0 spiro atoms. The lowest BCUT2D eigenvalue weighted by atomic mass is 9.79. The summed E-state index contributed by atoms with van der Waals surface area (Å²) in [5.41, 5.74) is 7.38. The van der Waals surface area contributed by atoms with E-state index in [0.29, 0.717) is 5.92 Å². The maximum absolute atomic E-state index is 2.35. The van der Waals surface area contributed by atoms with Crippen LogP contribution in [0, 0.1) is 5.92 Å². The van der Waals surface area contributed by atoms with E-state index in [-0.39, 0.29) is 0 Å². The van der Waals surface area contributed by atoms with Gasteiger partial charge in [-0.2, -0.15) is 0 Å². The number of allylic oxidation sites excluding steroid dienone is 14. The van der Waals surface area contributed by atoms with Crippen LogP contribution < -0.4 is 10.4 Å². The number of fused-ring (bicyclic) bond motifs is 5. The van der Waals surface area contributed by atoms with Crippen molar-refractivity contribution in [2.24, 2.45) is 5.92 Å². The van der Waals surface area contributed by atoms with Gasteiger partial charge in [-0.15, -0.1) is 0 Å². The number of benzene rings is 1. The quantitative estimate of drug-likeness (QED) is 0.660. The van der Waals surface area contributed by atoms with Gasteiger partial charge in [0.05, 0.1) is 0 Å². The molecule has 26 heavy (non-hydrogen) atoms. The van der Waals surface area contributed by atoms with Crippen LogP contribution in [0.4, 0.5) is 0 Å². The summed E-state index contributed by atoms with van der Waals surface area (Å²) in [6.07, 6.45) is 31.9. The van der Waals surface area contributed by atoms with E-state index in [2.05, 4.69) is 91.1 Å². The zero-order valence-electron chi connectivity index (χ0n) is 14.9. The van der Waals surface area contributed by atoms with Gasteiger partial charge in [-0.25, -0.2) is 0 Å². The monoisotopic (exact) mass is 334 g/mol. The third-order valence-corrected chi connectivity index (χ3v) is 5.78. The van der Waals surface area contributed by atoms with Crippen molar-refractivity contribution in [1.29, 1.82) is 0 Å². The van der Waals surface area contributed by atoms with Gasteiger partial charge in [0.15, 0.2) is 0 Å². The number of rotatable bonds is 0. The van der Waals surface area contributed by atoms with Crippen molar-refractivity contribution in [3.8, 4) is 0 Å². The minimum atomic E-state index is 0.642. The maximum atomic E-state index is 2.35. The Bertz CT molecular complexity index is 1070. The highest BCUT2D eigenvalue weighted by Crippen LogP contribution is 2.28. The molecule has 0 radical (unpaired) electrons. The third kappa shape index (κ3) is 2.63. The second-order valence-electron chi connectivity index (χ2n) is 7.27. The van der Waals surface area contributed by atoms with Gasteiger partial charge in [-0.1, -0.05) is 91.1 Å². The summed E-state index contributed by atoms with van der Waals surface area (Å²) in [4.78, 5) is 0. The van der Waals surface area contributed by atoms with Crippen LogP contribution in [-0.2, 0) is 12.8 Å². The van der Waals surface area contributed by atoms with Gasteiger partial charge >= 0.3 is 0 Å². The molecule has 0 nitrogen and oxygen atoms in total. The summed E-state index contributed by atoms with van der Waals surface area (Å²) < 4.78 is 0. The lowest BCUT2D eigenvalue weighted by Crippen LogP contribution is -2.29. The highest BCUT2D eigenvalue weighted by Gasteiger charge is 2.20. The predicted molar refractivity (Wildman–Crippen MR) is 111 cm³/mol. The van der Waals surface area contributed by atoms with E-state index >= 15 is 0 Å². The molecule has 0 saturated heterocycles. The molecule has 0 fully saturated rings. The standard InChI is InChI=1S/C18H16.C8H6/c1-3-7-15-13(5-1)9-11-18-16-8-4-2-6-14(16)10-12-17(15)18;1-3-7-5-2-6-8(7)4-1/h1-7,10,12-13H,8-9,11H2;1-6H. The fourth-order valence-corrected chi connectivity index (χ4v) is 4.45. The first-order valence-electron chi connectivity index (χ1n) is 9.54. The van der Waals surface area contributed by atoms with Crippen molar-refractivity contribution >= 4 is 11.6 Å². The molecular weight excluding hydrogens is 312 g/mol. The Labute approximate surface area is 155 Å². The molecule has 1 unspecified atom stereocenters. The predicted octanol–water partition coefficient (Wildman–Crippen LogP) is 4.40. The summed E-state index contributed by atoms with van der Waals surface area (Å²) in [5, 5.41) is 2.92. The fourth-order valence-electron chi connectivity index (χ4n) is 4.45. The highest BCUT2D eigenvalue weighted by molar-refractivity contribution is 5.67. The Hall–Kier alpha value is -2.86. The Balaban J connectivity index is 0.000000156. The van der Waals surface area contributed by atoms with E-state index in [1.807, 2.05) is 0 Å². The van der Waals surface area contributed by atoms with Crippen LogP contribution in [-0.4, -0.2) is 0 Å². The Morgan fingerprint density at radius 3 is 2.42 bits per heavy atom. The van der Waals surface area contributed by atoms with Gasteiger partial charge in [0, 0.05) is 5.92 Å². The summed E-state index contributed by atoms with van der Waals surface area (Å²) in [6, 6.07) is 4.62. The second kappa shape index (κ2) is 6.46. The molecule has 0 aromatic heterocycles. The van der Waals surface area contributed by atoms with E-state index < -0.39 is 0 Å². The zero-order chi connectivity index (χ0) is 17.3. The van der Waals surface area contributed by atoms with Crippen LogP contribution >= 0.6 is 0 Å². The lowest BCUT2D eigenvalue weighted by molar-refractivity contribution is 0.693. The minimum Gasteiger partial charge on any atom is -0.0801 e. The van der Waals surface area contributed by atoms with Crippen molar-refractivity contribution in [3.05, 3.63) is 118 Å². The summed E-state index contributed by atoms with van der Waals surface area (Å²) in [7, 11) is 0. The first-order valence-corrected chi connectivity index (χ1v) is 9.54. The van der Waals surface area contributed by atoms with Crippen LogP contribution in [0.25, 0.3) is 11.6 Å². The molecule has 6 rings (SSSR count). The van der Waals surface area contributed by atoms with Crippen LogP contribution in [0.15, 0.2) is 96.2 Å². The molecule has 0 aliphatic heterocycles. The summed E-state index contributed by atoms with van der Waals surface area (Å²) in [5.74, 6) is 0.642. The number of hydrogen-bond acceptors (Lipinski definition) is 0. The summed E-state index contributed by atoms with van der Waals surface area (Å²) >= 11 is 0. The molecule has 0 amide bonds. The second-order valence-corrected chi connectivity index (χ2v) is 7.27. The van der Waals surface area contributed by atoms with Gasteiger partial charge in [0.2, 0.25) is 0 Å². The average Bonchev–Trinajstić information content (AvgIpc) is 3.33. The molecule has 1 atom stereocenters. The van der Waals surface area contributed by atoms with Gasteiger partial charge in [0.1, 0.15) is 0 Å². The van der Waals surface area contributed by atoms with Crippen molar-refractivity contribution in [3.63, 3.8) is 0 Å². The zero-order valence-corrected chi connectivity index (χ0v) is 14.9. The molecule has 126 valence electrons. The Morgan fingerprint density at radius 1 is 0.731 bits per heavy atom. The van der Waals surface area contributed by atoms with E-state index in [4.69, 9.17) is 0 Å². The molecule has 0 heterocycles. The molecule has 1 aromatic rings. The fraction of sp³-hybridized carbons (Fsp3) is 0.154. The Morgan fingerprint density at radius 2 is 1.58 bits per heavy atom. The Kier molecular flexibility index (Phi) is 3.83. The molecule has 0 bridgehead atoms. The summed E-state index contributed by atoms with van der Waals surface area (Å²) in [6.45, 7) is 0. The van der Waals surface area contributed by atoms with E-state index in [1.54, 1.807) is 11.1 Å². The van der Waals surface area contributed by atoms with Crippen molar-refractivity contribution in [2.45, 2.75) is 19.3 Å². The molecular formula is C26H22. The SMILES string of the molecule is C1=CC2=CC=CC2=C1.C1=CCc2c3c(ccc2=C1)=C1C=CC=CC1CC3. The molecule has 5 aliphatic rings. The van der Waals surface area contributed by atoms with Crippen LogP contribution in [0.5, 0.6) is 0 Å². The van der Waals surface area contributed by atoms with E-state index in [9.17, 15) is 0 Å². The first-order chi connectivity index (χ1) is 12.9. The van der Waals surface area contributed by atoms with Crippen molar-refractivity contribution in [2.75, 3.05) is 0 Å². The van der Waals surface area contributed by atoms with Gasteiger partial charge in [0.25, 0.3) is 0 Å². The molecule has 0 heteroatoms. The third-order valence-electron chi connectivity index (χ3n) is 5.78. The molecule has 0 saturated carbocycles. The highest BCUT2D eigenvalue weighted by atomic mass is 14.2. The van der Waals surface area contributed by atoms with E-state index in [1.165, 1.54) is 40.0 Å². The van der Waals surface area contributed by atoms with Gasteiger partial charge in [-0.3, -0.25) is 0 Å². The average molecular weight is 334 g/mol. The van der Waals surface area contributed by atoms with Crippen LogP contribution in [0.1, 0.15) is 17.5 Å². The molecule has 1 aromatic carbocycles. The number of hydrogen-bond donors (Lipinski definition) is 0. The van der Waals surface area contributed by atoms with Crippen molar-refractivity contribution in [1.82, 2.24) is 0 Å². The normalized spacial score (nSPS) is 22.5. The first kappa shape index (κ1) is 15.4. The molecule has 5 aliphatic carbocycles. The lowest BCUT2D eigenvalue weighted by Gasteiger charge is -2.25. The van der Waals surface area contributed by atoms with Gasteiger partial charge in [-0.05, 0) is 57.5 Å². The molecule has 0 N–H and O–H groups in total. The van der Waals surface area contributed by atoms with E-state index in [0.717, 1.165) is 6.42 Å². The van der Waals surface area contributed by atoms with Gasteiger partial charge < -0.3 is 0 Å². The topological polar surface area (TPSA) is 0 Å². The largest absolute Gasteiger partial charge is 0.0801 e. The van der Waals surface area contributed by atoms with Crippen molar-refractivity contribution < 1.29 is 0 Å². The minimum absolute atomic E-state index is 0.642. The maximum Gasteiger partial charge on any atom is 0.00302 e.